The molecular weight excluding hydrogens is 334 g/mol. The molecule has 0 spiro atoms. The molecule has 0 unspecified atom stereocenters. The van der Waals surface area contributed by atoms with Crippen LogP contribution in [-0.2, 0) is 19.4 Å². The van der Waals surface area contributed by atoms with Crippen LogP contribution < -0.4 is 15.5 Å². The predicted octanol–water partition coefficient (Wildman–Crippen LogP) is 4.08. The van der Waals surface area contributed by atoms with E-state index in [-0.39, 0.29) is 0 Å². The number of pyridine rings is 1. The van der Waals surface area contributed by atoms with Crippen molar-refractivity contribution in [1.29, 1.82) is 5.26 Å². The fourth-order valence-electron chi connectivity index (χ4n) is 3.71. The van der Waals surface area contributed by atoms with E-state index in [0.717, 1.165) is 59.4 Å². The first kappa shape index (κ1) is 17.1. The number of nitrogen functional groups attached to an aromatic ring is 1. The van der Waals surface area contributed by atoms with Gasteiger partial charge in [-0.3, -0.25) is 5.73 Å². The van der Waals surface area contributed by atoms with Crippen LogP contribution in [0, 0.1) is 11.3 Å². The number of anilines is 1. The lowest BCUT2D eigenvalue weighted by Gasteiger charge is -2.17. The number of nitrogens with zero attached hydrogens (tertiary/aromatic N) is 1. The maximum Gasteiger partial charge on any atom is 0.279 e. The minimum Gasteiger partial charge on any atom is -0.489 e. The van der Waals surface area contributed by atoms with Crippen molar-refractivity contribution < 1.29 is 9.72 Å². The highest BCUT2D eigenvalue weighted by molar-refractivity contribution is 5.79. The zero-order valence-electron chi connectivity index (χ0n) is 15.2. The van der Waals surface area contributed by atoms with Crippen LogP contribution in [0.5, 0.6) is 5.75 Å². The number of nitrogens with two attached hydrogens (primary N) is 1. The molecule has 4 rings (SSSR count). The van der Waals surface area contributed by atoms with Gasteiger partial charge in [-0.2, -0.15) is 5.26 Å². The third kappa shape index (κ3) is 3.50. The molecule has 3 aromatic rings. The van der Waals surface area contributed by atoms with Crippen molar-refractivity contribution in [3.8, 4) is 22.9 Å². The summed E-state index contributed by atoms with van der Waals surface area (Å²) in [5, 5.41) is 9.78. The van der Waals surface area contributed by atoms with E-state index in [2.05, 4.69) is 11.1 Å². The van der Waals surface area contributed by atoms with Crippen molar-refractivity contribution >= 4 is 5.82 Å². The summed E-state index contributed by atoms with van der Waals surface area (Å²) in [6, 6.07) is 20.3. The van der Waals surface area contributed by atoms with Gasteiger partial charge in [0.2, 0.25) is 0 Å². The molecule has 1 aromatic heterocycles. The molecule has 0 saturated carbocycles. The average Bonchev–Trinajstić information content (AvgIpc) is 2.72. The minimum absolute atomic E-state index is 0.526. The fourth-order valence-corrected chi connectivity index (χ4v) is 3.71. The number of benzene rings is 2. The van der Waals surface area contributed by atoms with E-state index in [1.807, 2.05) is 54.6 Å². The van der Waals surface area contributed by atoms with Crippen molar-refractivity contribution in [1.82, 2.24) is 0 Å². The highest BCUT2D eigenvalue weighted by Crippen LogP contribution is 2.33. The molecule has 0 atom stereocenters. The minimum atomic E-state index is 0.526. The second kappa shape index (κ2) is 7.51. The van der Waals surface area contributed by atoms with Gasteiger partial charge < -0.3 is 4.74 Å². The first-order valence-corrected chi connectivity index (χ1v) is 9.30. The van der Waals surface area contributed by atoms with Gasteiger partial charge in [0.05, 0.1) is 11.1 Å². The fraction of sp³-hybridized carbons (Fsp3) is 0.217. The van der Waals surface area contributed by atoms with E-state index >= 15 is 0 Å². The van der Waals surface area contributed by atoms with Crippen LogP contribution in [-0.4, -0.2) is 0 Å². The number of rotatable bonds is 4. The summed E-state index contributed by atoms with van der Waals surface area (Å²) in [6.07, 6.45) is 4.15. The maximum atomic E-state index is 9.78. The number of aromatic nitrogens is 1. The van der Waals surface area contributed by atoms with Gasteiger partial charge in [0.15, 0.2) is 0 Å². The summed E-state index contributed by atoms with van der Waals surface area (Å²) in [4.78, 5) is 3.33. The highest BCUT2D eigenvalue weighted by Gasteiger charge is 2.24. The summed E-state index contributed by atoms with van der Waals surface area (Å²) in [5.74, 6) is 1.35. The Morgan fingerprint density at radius 2 is 1.74 bits per heavy atom. The lowest BCUT2D eigenvalue weighted by Crippen LogP contribution is -2.24. The molecule has 134 valence electrons. The van der Waals surface area contributed by atoms with Crippen molar-refractivity contribution in [3.63, 3.8) is 0 Å². The molecule has 1 aliphatic carbocycles. The van der Waals surface area contributed by atoms with Gasteiger partial charge in [0.1, 0.15) is 24.1 Å². The molecule has 1 aliphatic rings. The lowest BCUT2D eigenvalue weighted by atomic mass is 9.88. The first-order chi connectivity index (χ1) is 13.3. The monoisotopic (exact) mass is 356 g/mol. The smallest absolute Gasteiger partial charge is 0.279 e. The number of nitriles is 1. The Hall–Kier alpha value is -3.32. The molecule has 0 amide bonds. The average molecular weight is 356 g/mol. The molecule has 0 fully saturated rings. The molecule has 4 nitrogen and oxygen atoms in total. The van der Waals surface area contributed by atoms with Crippen LogP contribution in [0.15, 0.2) is 54.6 Å². The van der Waals surface area contributed by atoms with E-state index in [9.17, 15) is 5.26 Å². The molecule has 4 heteroatoms. The predicted molar refractivity (Wildman–Crippen MR) is 105 cm³/mol. The van der Waals surface area contributed by atoms with E-state index in [1.165, 1.54) is 0 Å². The third-order valence-corrected chi connectivity index (χ3v) is 5.08. The van der Waals surface area contributed by atoms with Gasteiger partial charge in [-0.05, 0) is 42.5 Å². The van der Waals surface area contributed by atoms with Crippen molar-refractivity contribution in [3.05, 3.63) is 77.0 Å². The summed E-state index contributed by atoms with van der Waals surface area (Å²) < 4.78 is 5.86. The number of hydrogen-bond acceptors (Lipinski definition) is 3. The highest BCUT2D eigenvalue weighted by atomic mass is 16.5. The van der Waals surface area contributed by atoms with Gasteiger partial charge in [0, 0.05) is 12.0 Å². The quantitative estimate of drug-likeness (QED) is 0.765. The molecule has 27 heavy (non-hydrogen) atoms. The van der Waals surface area contributed by atoms with Crippen LogP contribution in [0.4, 0.5) is 5.82 Å². The number of fused-ring (bicyclic) bond motifs is 1. The van der Waals surface area contributed by atoms with Gasteiger partial charge in [-0.25, -0.2) is 4.98 Å². The Bertz CT molecular complexity index is 989. The van der Waals surface area contributed by atoms with E-state index in [4.69, 9.17) is 10.5 Å². The largest absolute Gasteiger partial charge is 0.489 e. The molecular formula is C23H22N3O+. The molecule has 0 aliphatic heterocycles. The summed E-state index contributed by atoms with van der Waals surface area (Å²) >= 11 is 0. The lowest BCUT2D eigenvalue weighted by molar-refractivity contribution is -0.374. The number of ether oxygens (including phenoxy) is 1. The van der Waals surface area contributed by atoms with Crippen LogP contribution in [0.1, 0.15) is 35.2 Å². The first-order valence-electron chi connectivity index (χ1n) is 9.30. The van der Waals surface area contributed by atoms with Crippen LogP contribution in [0.3, 0.4) is 0 Å². The standard InChI is InChI=1S/C23H21N3O/c24-14-20-19-8-4-5-9-21(19)26-23(25)22(20)17-10-12-18(13-11-17)27-15-16-6-2-1-3-7-16/h1-3,6-7,10-13H,4-5,8-9,15H2,(H2,25,26)/p+1. The normalized spacial score (nSPS) is 12.9. The number of nitrogens with one attached hydrogen (secondary N) is 1. The van der Waals surface area contributed by atoms with Crippen LogP contribution >= 0.6 is 0 Å². The molecule has 0 bridgehead atoms. The third-order valence-electron chi connectivity index (χ3n) is 5.08. The topological polar surface area (TPSA) is 73.2 Å². The molecule has 2 aromatic carbocycles. The van der Waals surface area contributed by atoms with E-state index in [0.29, 0.717) is 18.0 Å². The SMILES string of the molecule is N#Cc1c2c([nH+]c(N)c1-c1ccc(OCc3ccccc3)cc1)CCCC2. The number of hydrogen-bond donors (Lipinski definition) is 1. The molecule has 1 heterocycles. The van der Waals surface area contributed by atoms with Gasteiger partial charge in [0.25, 0.3) is 5.82 Å². The molecule has 3 N–H and O–H groups in total. The Morgan fingerprint density at radius 1 is 1.00 bits per heavy atom. The second-order valence-electron chi connectivity index (χ2n) is 6.86. The van der Waals surface area contributed by atoms with Gasteiger partial charge in [-0.1, -0.05) is 42.5 Å². The zero-order valence-corrected chi connectivity index (χ0v) is 15.2. The Labute approximate surface area is 159 Å². The van der Waals surface area contributed by atoms with E-state index in [1.54, 1.807) is 0 Å². The van der Waals surface area contributed by atoms with Crippen molar-refractivity contribution in [2.45, 2.75) is 32.3 Å². The Morgan fingerprint density at radius 3 is 2.48 bits per heavy atom. The second-order valence-corrected chi connectivity index (χ2v) is 6.86. The maximum absolute atomic E-state index is 9.78. The van der Waals surface area contributed by atoms with Crippen molar-refractivity contribution in [2.24, 2.45) is 0 Å². The van der Waals surface area contributed by atoms with Gasteiger partial charge >= 0.3 is 0 Å². The summed E-state index contributed by atoms with van der Waals surface area (Å²) in [6.45, 7) is 0.526. The molecule has 0 radical (unpaired) electrons. The van der Waals surface area contributed by atoms with E-state index < -0.39 is 0 Å². The Balaban J connectivity index is 1.61. The number of aromatic amines is 1. The number of aryl methyl sites for hydroxylation is 1. The molecule has 0 saturated heterocycles. The number of H-pyrrole nitrogens is 1. The van der Waals surface area contributed by atoms with Crippen LogP contribution in [0.25, 0.3) is 11.1 Å². The van der Waals surface area contributed by atoms with Crippen LogP contribution in [0.2, 0.25) is 0 Å². The zero-order chi connectivity index (χ0) is 18.6. The Kier molecular flexibility index (Phi) is 4.76. The summed E-state index contributed by atoms with van der Waals surface area (Å²) in [5.41, 5.74) is 12.1. The van der Waals surface area contributed by atoms with Crippen molar-refractivity contribution in [2.75, 3.05) is 5.73 Å². The van der Waals surface area contributed by atoms with Gasteiger partial charge in [-0.15, -0.1) is 0 Å². The summed E-state index contributed by atoms with van der Waals surface area (Å²) in [7, 11) is 0.